The average Bonchev–Trinajstić information content (AvgIpc) is 2.94. The summed E-state index contributed by atoms with van der Waals surface area (Å²) in [6.45, 7) is 6.16. The fraction of sp³-hybridized carbons (Fsp3) is 0.407. The van der Waals surface area contributed by atoms with E-state index in [4.69, 9.17) is 26.8 Å². The first kappa shape index (κ1) is 30.0. The molecule has 0 aliphatic rings. The lowest BCUT2D eigenvalue weighted by Crippen LogP contribution is -2.27. The van der Waals surface area contributed by atoms with Crippen LogP contribution in [0.3, 0.4) is 0 Å². The van der Waals surface area contributed by atoms with Gasteiger partial charge in [0.15, 0.2) is 0 Å². The largest absolute Gasteiger partial charge is 0.378 e. The van der Waals surface area contributed by atoms with Gasteiger partial charge in [-0.15, -0.1) is 0 Å². The number of hydrogen-bond donors (Lipinski definition) is 5. The van der Waals surface area contributed by atoms with E-state index in [1.54, 1.807) is 24.3 Å². The highest BCUT2D eigenvalue weighted by Crippen LogP contribution is 2.18. The summed E-state index contributed by atoms with van der Waals surface area (Å²) in [6, 6.07) is 14.7. The van der Waals surface area contributed by atoms with Crippen LogP contribution in [0.5, 0.6) is 0 Å². The normalized spacial score (nSPS) is 10.7. The highest BCUT2D eigenvalue weighted by atomic mass is 35.5. The van der Waals surface area contributed by atoms with Crippen molar-refractivity contribution >= 4 is 41.0 Å². The van der Waals surface area contributed by atoms with Crippen LogP contribution in [-0.2, 0) is 16.0 Å². The minimum Gasteiger partial charge on any atom is -0.378 e. The van der Waals surface area contributed by atoms with Crippen LogP contribution in [0.2, 0.25) is 5.02 Å². The van der Waals surface area contributed by atoms with Crippen LogP contribution in [0.4, 0.5) is 23.5 Å². The van der Waals surface area contributed by atoms with Crippen LogP contribution in [0.25, 0.3) is 0 Å². The summed E-state index contributed by atoms with van der Waals surface area (Å²) in [7, 11) is 0. The number of hydrogen-bond acceptors (Lipinski definition) is 10. The quantitative estimate of drug-likeness (QED) is 0.146. The van der Waals surface area contributed by atoms with E-state index in [0.717, 1.165) is 30.6 Å². The molecule has 210 valence electrons. The van der Waals surface area contributed by atoms with E-state index in [1.165, 1.54) is 0 Å². The lowest BCUT2D eigenvalue weighted by molar-refractivity contribution is 0.0511. The van der Waals surface area contributed by atoms with Crippen molar-refractivity contribution in [2.45, 2.75) is 26.3 Å². The van der Waals surface area contributed by atoms with Gasteiger partial charge in [0.1, 0.15) is 0 Å². The van der Waals surface area contributed by atoms with Gasteiger partial charge in [-0.1, -0.05) is 37.1 Å². The fourth-order valence-electron chi connectivity index (χ4n) is 3.33. The minimum absolute atomic E-state index is 0.180. The Morgan fingerprint density at radius 2 is 1.51 bits per heavy atom. The number of amides is 1. The molecule has 1 amide bonds. The van der Waals surface area contributed by atoms with E-state index in [-0.39, 0.29) is 5.91 Å². The van der Waals surface area contributed by atoms with Gasteiger partial charge in [-0.25, -0.2) is 0 Å². The number of rotatable bonds is 18. The maximum atomic E-state index is 12.4. The third kappa shape index (κ3) is 11.4. The molecule has 0 bridgehead atoms. The molecule has 0 radical (unpaired) electrons. The van der Waals surface area contributed by atoms with Crippen molar-refractivity contribution in [3.8, 4) is 0 Å². The van der Waals surface area contributed by atoms with Crippen molar-refractivity contribution in [3.63, 3.8) is 0 Å². The molecule has 12 heteroatoms. The number of halogens is 1. The number of nitrogens with zero attached hydrogens (tertiary/aromatic N) is 3. The average molecular weight is 557 g/mol. The van der Waals surface area contributed by atoms with Crippen molar-refractivity contribution in [2.75, 3.05) is 62.0 Å². The zero-order valence-electron chi connectivity index (χ0n) is 22.2. The molecule has 0 aliphatic heterocycles. The molecule has 0 unspecified atom stereocenters. The van der Waals surface area contributed by atoms with Crippen molar-refractivity contribution < 1.29 is 14.3 Å². The summed E-state index contributed by atoms with van der Waals surface area (Å²) in [5.41, 5.74) is 7.68. The minimum atomic E-state index is -0.180. The standard InChI is InChI=1S/C27H37ClN8O3/c1-2-3-13-31-25-34-26(32-19-20-4-8-22(28)9-5-20)36-27(35-25)33-23-10-6-21(7-11-23)24(37)30-14-16-39-18-17-38-15-12-29/h4-11H,2-3,12-19,29H2,1H3,(H,30,37)(H3,31,32,33,34,35,36). The zero-order valence-corrected chi connectivity index (χ0v) is 23.0. The maximum Gasteiger partial charge on any atom is 0.251 e. The van der Waals surface area contributed by atoms with Gasteiger partial charge in [0.25, 0.3) is 5.91 Å². The molecule has 11 nitrogen and oxygen atoms in total. The second-order valence-electron chi connectivity index (χ2n) is 8.54. The van der Waals surface area contributed by atoms with E-state index in [2.05, 4.69) is 43.1 Å². The van der Waals surface area contributed by atoms with Crippen molar-refractivity contribution in [1.82, 2.24) is 20.3 Å². The lowest BCUT2D eigenvalue weighted by Gasteiger charge is -2.12. The van der Waals surface area contributed by atoms with Gasteiger partial charge in [0.2, 0.25) is 17.8 Å². The third-order valence-corrected chi connectivity index (χ3v) is 5.63. The van der Waals surface area contributed by atoms with Crippen LogP contribution in [-0.4, -0.2) is 66.9 Å². The van der Waals surface area contributed by atoms with Crippen molar-refractivity contribution in [3.05, 3.63) is 64.7 Å². The van der Waals surface area contributed by atoms with E-state index >= 15 is 0 Å². The molecule has 0 fully saturated rings. The molecular weight excluding hydrogens is 520 g/mol. The van der Waals surface area contributed by atoms with E-state index < -0.39 is 0 Å². The van der Waals surface area contributed by atoms with Crippen molar-refractivity contribution in [1.29, 1.82) is 0 Å². The smallest absolute Gasteiger partial charge is 0.251 e. The topological polar surface area (TPSA) is 148 Å². The predicted octanol–water partition coefficient (Wildman–Crippen LogP) is 3.81. The Balaban J connectivity index is 1.55. The Hall–Kier alpha value is -3.51. The van der Waals surface area contributed by atoms with Gasteiger partial charge in [-0.2, -0.15) is 15.0 Å². The summed E-state index contributed by atoms with van der Waals surface area (Å²) in [5, 5.41) is 13.2. The first-order valence-corrected chi connectivity index (χ1v) is 13.4. The SMILES string of the molecule is CCCCNc1nc(NCc2ccc(Cl)cc2)nc(Nc2ccc(C(=O)NCCOCCOCCN)cc2)n1. The van der Waals surface area contributed by atoms with Crippen LogP contribution in [0.15, 0.2) is 48.5 Å². The number of ether oxygens (including phenoxy) is 2. The molecule has 6 N–H and O–H groups in total. The van der Waals surface area contributed by atoms with Crippen molar-refractivity contribution in [2.24, 2.45) is 5.73 Å². The Labute approximate surface area is 234 Å². The molecule has 1 heterocycles. The molecule has 0 aliphatic carbocycles. The number of aromatic nitrogens is 3. The molecule has 0 saturated heterocycles. The van der Waals surface area contributed by atoms with Gasteiger partial charge in [-0.3, -0.25) is 4.79 Å². The predicted molar refractivity (Wildman–Crippen MR) is 155 cm³/mol. The molecular formula is C27H37ClN8O3. The molecule has 0 atom stereocenters. The second-order valence-corrected chi connectivity index (χ2v) is 8.97. The Morgan fingerprint density at radius 3 is 2.21 bits per heavy atom. The number of nitrogens with two attached hydrogens (primary N) is 1. The highest BCUT2D eigenvalue weighted by molar-refractivity contribution is 6.30. The molecule has 39 heavy (non-hydrogen) atoms. The number of unbranched alkanes of at least 4 members (excludes halogenated alkanes) is 1. The van der Waals surface area contributed by atoms with Gasteiger partial charge < -0.3 is 36.5 Å². The summed E-state index contributed by atoms with van der Waals surface area (Å²) in [4.78, 5) is 25.9. The molecule has 1 aromatic heterocycles. The molecule has 3 aromatic rings. The van der Waals surface area contributed by atoms with Crippen LogP contribution >= 0.6 is 11.6 Å². The van der Waals surface area contributed by atoms with E-state index in [1.807, 2.05) is 24.3 Å². The monoisotopic (exact) mass is 556 g/mol. The van der Waals surface area contributed by atoms with Crippen LogP contribution in [0.1, 0.15) is 35.7 Å². The van der Waals surface area contributed by atoms with Crippen LogP contribution in [0, 0.1) is 0 Å². The van der Waals surface area contributed by atoms with Gasteiger partial charge in [0, 0.05) is 42.5 Å². The molecule has 3 rings (SSSR count). The number of benzene rings is 2. The number of anilines is 4. The number of nitrogens with one attached hydrogen (secondary N) is 4. The third-order valence-electron chi connectivity index (χ3n) is 5.38. The lowest BCUT2D eigenvalue weighted by atomic mass is 10.2. The Morgan fingerprint density at radius 1 is 0.846 bits per heavy atom. The Kier molecular flexibility index (Phi) is 13.2. The Bertz CT molecular complexity index is 1130. The van der Waals surface area contributed by atoms with Gasteiger partial charge in [-0.05, 0) is 48.4 Å². The summed E-state index contributed by atoms with van der Waals surface area (Å²) >= 11 is 5.98. The highest BCUT2D eigenvalue weighted by Gasteiger charge is 2.09. The molecule has 0 saturated carbocycles. The number of carbonyl (C=O) groups is 1. The van der Waals surface area contributed by atoms with E-state index in [9.17, 15) is 4.79 Å². The maximum absolute atomic E-state index is 12.4. The zero-order chi connectivity index (χ0) is 27.7. The van der Waals surface area contributed by atoms with Gasteiger partial charge >= 0.3 is 0 Å². The summed E-state index contributed by atoms with van der Waals surface area (Å²) in [5.74, 6) is 1.11. The first-order valence-electron chi connectivity index (χ1n) is 13.1. The first-order chi connectivity index (χ1) is 19.1. The molecule has 2 aromatic carbocycles. The van der Waals surface area contributed by atoms with Crippen LogP contribution < -0.4 is 27.0 Å². The molecule has 0 spiro atoms. The van der Waals surface area contributed by atoms with E-state index in [0.29, 0.717) is 74.5 Å². The second kappa shape index (κ2) is 17.2. The van der Waals surface area contributed by atoms with Gasteiger partial charge in [0.05, 0.1) is 26.4 Å². The number of carbonyl (C=O) groups excluding carboxylic acids is 1. The summed E-state index contributed by atoms with van der Waals surface area (Å²) in [6.07, 6.45) is 2.06. The fourth-order valence-corrected chi connectivity index (χ4v) is 3.45. The summed E-state index contributed by atoms with van der Waals surface area (Å²) < 4.78 is 10.7.